The number of rotatable bonds is 5. The van der Waals surface area contributed by atoms with Crippen LogP contribution in [0.25, 0.3) is 21.3 Å². The summed E-state index contributed by atoms with van der Waals surface area (Å²) in [4.78, 5) is 13.3. The Kier molecular flexibility index (Phi) is 4.78. The zero-order valence-corrected chi connectivity index (χ0v) is 14.8. The fourth-order valence-electron chi connectivity index (χ4n) is 2.92. The number of likely N-dealkylation sites (N-methyl/N-ethyl adjacent to an activating group) is 1. The van der Waals surface area contributed by atoms with Crippen molar-refractivity contribution in [2.24, 2.45) is 0 Å². The maximum Gasteiger partial charge on any atom is 0.141 e. The number of aliphatic hydroxyl groups excluding tert-OH is 1. The zero-order chi connectivity index (χ0) is 17.3. The minimum atomic E-state index is -0.251. The molecule has 1 aromatic carbocycles. The molecule has 0 aliphatic heterocycles. The molecule has 0 atom stereocenters. The molecule has 0 fully saturated rings. The summed E-state index contributed by atoms with van der Waals surface area (Å²) in [5, 5.41) is 10.3. The molecule has 3 rings (SSSR count). The number of hydrogen-bond donors (Lipinski definition) is 1. The van der Waals surface area contributed by atoms with Crippen molar-refractivity contribution in [1.82, 2.24) is 9.97 Å². The van der Waals surface area contributed by atoms with E-state index in [0.717, 1.165) is 38.6 Å². The summed E-state index contributed by atoms with van der Waals surface area (Å²) in [6, 6.07) is 6.52. The van der Waals surface area contributed by atoms with E-state index in [9.17, 15) is 9.50 Å². The van der Waals surface area contributed by atoms with Crippen molar-refractivity contribution in [3.8, 4) is 11.1 Å². The molecule has 0 radical (unpaired) electrons. The second-order valence-corrected chi connectivity index (χ2v) is 6.82. The smallest absolute Gasteiger partial charge is 0.141 e. The van der Waals surface area contributed by atoms with E-state index >= 15 is 0 Å². The van der Waals surface area contributed by atoms with Crippen LogP contribution >= 0.6 is 11.3 Å². The maximum absolute atomic E-state index is 13.3. The van der Waals surface area contributed by atoms with Crippen molar-refractivity contribution in [3.05, 3.63) is 40.8 Å². The van der Waals surface area contributed by atoms with Crippen LogP contribution in [0.2, 0.25) is 0 Å². The summed E-state index contributed by atoms with van der Waals surface area (Å²) in [6.07, 6.45) is 0. The summed E-state index contributed by atoms with van der Waals surface area (Å²) < 4.78 is 13.3. The molecule has 2 aromatic heterocycles. The lowest BCUT2D eigenvalue weighted by atomic mass is 10.0. The quantitative estimate of drug-likeness (QED) is 0.761. The molecule has 0 bridgehead atoms. The minimum Gasteiger partial charge on any atom is -0.395 e. The number of hydrogen-bond acceptors (Lipinski definition) is 5. The fourth-order valence-corrected chi connectivity index (χ4v) is 4.01. The molecule has 24 heavy (non-hydrogen) atoms. The first-order valence-corrected chi connectivity index (χ1v) is 8.76. The summed E-state index contributed by atoms with van der Waals surface area (Å²) in [7, 11) is 0. The molecule has 6 heteroatoms. The Bertz CT molecular complexity index is 861. The Labute approximate surface area is 144 Å². The molecule has 0 aliphatic carbocycles. The molecule has 4 nitrogen and oxygen atoms in total. The van der Waals surface area contributed by atoms with Crippen molar-refractivity contribution in [2.45, 2.75) is 20.8 Å². The van der Waals surface area contributed by atoms with Crippen LogP contribution in [0.5, 0.6) is 0 Å². The van der Waals surface area contributed by atoms with Gasteiger partial charge >= 0.3 is 0 Å². The van der Waals surface area contributed by atoms with Crippen LogP contribution < -0.4 is 4.90 Å². The molecular weight excluding hydrogens is 325 g/mol. The molecule has 0 aliphatic rings. The van der Waals surface area contributed by atoms with Gasteiger partial charge in [0, 0.05) is 23.5 Å². The van der Waals surface area contributed by atoms with Crippen molar-refractivity contribution in [3.63, 3.8) is 0 Å². The molecule has 1 N–H and O–H groups in total. The van der Waals surface area contributed by atoms with Gasteiger partial charge in [0.25, 0.3) is 0 Å². The van der Waals surface area contributed by atoms with E-state index in [-0.39, 0.29) is 12.4 Å². The largest absolute Gasteiger partial charge is 0.395 e. The van der Waals surface area contributed by atoms with Crippen molar-refractivity contribution >= 4 is 27.4 Å². The predicted molar refractivity (Wildman–Crippen MR) is 97.3 cm³/mol. The average Bonchev–Trinajstić information content (AvgIpc) is 2.88. The molecule has 0 unspecified atom stereocenters. The van der Waals surface area contributed by atoms with Gasteiger partial charge in [0.1, 0.15) is 22.3 Å². The SMILES string of the molecule is CCN(CCO)c1nc(C)nc2sc(C)c(-c3ccc(F)cc3)c12. The average molecular weight is 345 g/mol. The third-order valence-electron chi connectivity index (χ3n) is 4.00. The molecule has 126 valence electrons. The standard InChI is InChI=1S/C18H20FN3OS/c1-4-22(9-10-23)17-16-15(13-5-7-14(19)8-6-13)11(2)24-18(16)21-12(3)20-17/h5-8,23H,4,9-10H2,1-3H3. The first kappa shape index (κ1) is 16.8. The van der Waals surface area contributed by atoms with Crippen LogP contribution in [0, 0.1) is 19.7 Å². The highest BCUT2D eigenvalue weighted by Gasteiger charge is 2.20. The van der Waals surface area contributed by atoms with E-state index in [0.29, 0.717) is 12.4 Å². The van der Waals surface area contributed by atoms with Crippen molar-refractivity contribution < 1.29 is 9.50 Å². The van der Waals surface area contributed by atoms with Gasteiger partial charge in [-0.25, -0.2) is 14.4 Å². The van der Waals surface area contributed by atoms with Crippen molar-refractivity contribution in [1.29, 1.82) is 0 Å². The monoisotopic (exact) mass is 345 g/mol. The lowest BCUT2D eigenvalue weighted by molar-refractivity contribution is 0.302. The summed E-state index contributed by atoms with van der Waals surface area (Å²) >= 11 is 1.62. The van der Waals surface area contributed by atoms with Gasteiger partial charge in [-0.1, -0.05) is 12.1 Å². The lowest BCUT2D eigenvalue weighted by Crippen LogP contribution is -2.27. The van der Waals surface area contributed by atoms with Gasteiger partial charge in [-0.05, 0) is 38.5 Å². The fraction of sp³-hybridized carbons (Fsp3) is 0.333. The number of anilines is 1. The minimum absolute atomic E-state index is 0.0629. The normalized spacial score (nSPS) is 11.2. The van der Waals surface area contributed by atoms with E-state index in [1.165, 1.54) is 12.1 Å². The highest BCUT2D eigenvalue weighted by molar-refractivity contribution is 7.19. The highest BCUT2D eigenvalue weighted by Crippen LogP contribution is 2.41. The molecule has 0 saturated heterocycles. The van der Waals surface area contributed by atoms with E-state index in [2.05, 4.69) is 14.9 Å². The Balaban J connectivity index is 2.29. The van der Waals surface area contributed by atoms with Gasteiger partial charge in [0.2, 0.25) is 0 Å². The first-order chi connectivity index (χ1) is 11.5. The molecule has 0 amide bonds. The van der Waals surface area contributed by atoms with Crippen molar-refractivity contribution in [2.75, 3.05) is 24.6 Å². The van der Waals surface area contributed by atoms with Crippen LogP contribution in [-0.4, -0.2) is 34.8 Å². The number of fused-ring (bicyclic) bond motifs is 1. The van der Waals surface area contributed by atoms with Gasteiger partial charge < -0.3 is 10.0 Å². The van der Waals surface area contributed by atoms with Crippen LogP contribution in [0.15, 0.2) is 24.3 Å². The summed E-state index contributed by atoms with van der Waals surface area (Å²) in [6.45, 7) is 7.28. The second kappa shape index (κ2) is 6.83. The number of aromatic nitrogens is 2. The topological polar surface area (TPSA) is 49.2 Å². The van der Waals surface area contributed by atoms with E-state index in [4.69, 9.17) is 0 Å². The van der Waals surface area contributed by atoms with Gasteiger partial charge in [0.05, 0.1) is 12.0 Å². The van der Waals surface area contributed by atoms with Gasteiger partial charge in [-0.3, -0.25) is 0 Å². The predicted octanol–water partition coefficient (Wildman–Crippen LogP) is 3.93. The number of benzene rings is 1. The highest BCUT2D eigenvalue weighted by atomic mass is 32.1. The van der Waals surface area contributed by atoms with Gasteiger partial charge in [-0.15, -0.1) is 11.3 Å². The summed E-state index contributed by atoms with van der Waals surface area (Å²) in [5.41, 5.74) is 2.00. The Morgan fingerprint density at radius 2 is 1.88 bits per heavy atom. The van der Waals surface area contributed by atoms with E-state index in [1.54, 1.807) is 23.5 Å². The molecule has 0 saturated carbocycles. The Morgan fingerprint density at radius 1 is 1.17 bits per heavy atom. The van der Waals surface area contributed by atoms with Crippen LogP contribution in [0.4, 0.5) is 10.2 Å². The van der Waals surface area contributed by atoms with Gasteiger partial charge in [0.15, 0.2) is 0 Å². The van der Waals surface area contributed by atoms with Crippen LogP contribution in [-0.2, 0) is 0 Å². The zero-order valence-electron chi connectivity index (χ0n) is 14.0. The van der Waals surface area contributed by atoms with Crippen LogP contribution in [0.3, 0.4) is 0 Å². The molecule has 3 aromatic rings. The molecule has 0 spiro atoms. The number of aryl methyl sites for hydroxylation is 2. The number of thiophene rings is 1. The second-order valence-electron chi connectivity index (χ2n) is 5.62. The third kappa shape index (κ3) is 2.99. The molecular formula is C18H20FN3OS. The Morgan fingerprint density at radius 3 is 2.50 bits per heavy atom. The van der Waals surface area contributed by atoms with Crippen LogP contribution in [0.1, 0.15) is 17.6 Å². The summed E-state index contributed by atoms with van der Waals surface area (Å²) in [5.74, 6) is 1.29. The maximum atomic E-state index is 13.3. The Hall–Kier alpha value is -2.05. The number of nitrogens with zero attached hydrogens (tertiary/aromatic N) is 3. The number of halogens is 1. The number of aliphatic hydroxyl groups is 1. The third-order valence-corrected chi connectivity index (χ3v) is 5.00. The molecule has 2 heterocycles. The lowest BCUT2D eigenvalue weighted by Gasteiger charge is -2.22. The first-order valence-electron chi connectivity index (χ1n) is 7.94. The van der Waals surface area contributed by atoms with E-state index < -0.39 is 0 Å². The van der Waals surface area contributed by atoms with Gasteiger partial charge in [-0.2, -0.15) is 0 Å². The van der Waals surface area contributed by atoms with E-state index in [1.807, 2.05) is 20.8 Å².